The molecule has 0 saturated heterocycles. The van der Waals surface area contributed by atoms with Crippen LogP contribution in [0, 0.1) is 13.8 Å². The largest absolute Gasteiger partial charge is 0.480 e. The summed E-state index contributed by atoms with van der Waals surface area (Å²) in [6.45, 7) is 6.98. The van der Waals surface area contributed by atoms with Crippen molar-refractivity contribution in [2.24, 2.45) is 0 Å². The minimum absolute atomic E-state index is 0.778. The zero-order chi connectivity index (χ0) is 19.6. The van der Waals surface area contributed by atoms with Gasteiger partial charge in [-0.15, -0.1) is 0 Å². The third-order valence-electron chi connectivity index (χ3n) is 2.13. The molecule has 0 bridgehead atoms. The van der Waals surface area contributed by atoms with E-state index in [1.54, 1.807) is 0 Å². The maximum absolute atomic E-state index is 11.4. The van der Waals surface area contributed by atoms with Crippen LogP contribution in [0.4, 0.5) is 26.3 Å². The fourth-order valence-corrected chi connectivity index (χ4v) is 2.88. The number of sulfonamides is 2. The van der Waals surface area contributed by atoms with Crippen molar-refractivity contribution in [3.8, 4) is 0 Å². The van der Waals surface area contributed by atoms with Gasteiger partial charge in [-0.25, -0.2) is 21.4 Å². The molecule has 24 heavy (non-hydrogen) atoms. The monoisotopic (exact) mass is 406 g/mol. The van der Waals surface area contributed by atoms with E-state index in [0.29, 0.717) is 0 Å². The van der Waals surface area contributed by atoms with Crippen molar-refractivity contribution in [1.82, 2.24) is 0 Å². The summed E-state index contributed by atoms with van der Waals surface area (Å²) in [6, 6.07) is 2.03. The van der Waals surface area contributed by atoms with Crippen LogP contribution in [-0.2, 0) is 26.6 Å². The van der Waals surface area contributed by atoms with Gasteiger partial charge in [-0.05, 0) is 11.7 Å². The highest BCUT2D eigenvalue weighted by Crippen LogP contribution is 2.36. The molecule has 0 amide bonds. The average molecular weight is 406 g/mol. The summed E-state index contributed by atoms with van der Waals surface area (Å²) >= 11 is 0. The van der Waals surface area contributed by atoms with Gasteiger partial charge < -0.3 is 4.13 Å². The Morgan fingerprint density at radius 3 is 1.54 bits per heavy atom. The van der Waals surface area contributed by atoms with Crippen LogP contribution < -0.4 is 4.74 Å². The van der Waals surface area contributed by atoms with Crippen molar-refractivity contribution in [3.63, 3.8) is 0 Å². The first kappa shape index (κ1) is 22.6. The predicted molar refractivity (Wildman–Crippen MR) is 67.4 cm³/mol. The fraction of sp³-hybridized carbons (Fsp3) is 0.667. The SMILES string of the molecule is CC[n+]1oc(C)cc1C.O=S(=O)([N-]S(=O)(=O)C(F)(F)F)C(F)(F)F. The fourth-order valence-electron chi connectivity index (χ4n) is 1.17. The molecule has 0 aliphatic carbocycles. The summed E-state index contributed by atoms with van der Waals surface area (Å²) in [7, 11) is -13.4. The van der Waals surface area contributed by atoms with E-state index in [1.807, 2.05) is 24.7 Å². The Morgan fingerprint density at radius 2 is 1.38 bits per heavy atom. The molecule has 0 spiro atoms. The predicted octanol–water partition coefficient (Wildman–Crippen LogP) is 2.26. The number of halogens is 6. The molecule has 1 aromatic heterocycles. The molecule has 142 valence electrons. The van der Waals surface area contributed by atoms with Crippen molar-refractivity contribution in [2.75, 3.05) is 0 Å². The van der Waals surface area contributed by atoms with Gasteiger partial charge in [0, 0.05) is 13.8 Å². The maximum atomic E-state index is 11.4. The Hall–Kier alpha value is -1.35. The van der Waals surface area contributed by atoms with Crippen molar-refractivity contribution in [3.05, 3.63) is 21.6 Å². The molecule has 0 atom stereocenters. The second kappa shape index (κ2) is 7.26. The smallest absolute Gasteiger partial charge is 0.421 e. The summed E-state index contributed by atoms with van der Waals surface area (Å²) in [5.74, 6) is 0.981. The van der Waals surface area contributed by atoms with Gasteiger partial charge in [0.15, 0.2) is 32.4 Å². The van der Waals surface area contributed by atoms with Gasteiger partial charge in [-0.3, -0.25) is 0 Å². The number of nitrogens with zero attached hydrogens (tertiary/aromatic N) is 2. The number of aryl methyl sites for hydroxylation is 3. The van der Waals surface area contributed by atoms with E-state index in [9.17, 15) is 43.2 Å². The Bertz CT molecular complexity index is 721. The first-order valence-corrected chi connectivity index (χ1v) is 8.67. The molecule has 0 aliphatic rings. The third-order valence-corrected chi connectivity index (χ3v) is 4.87. The number of hydrogen-bond acceptors (Lipinski definition) is 5. The number of rotatable bonds is 3. The van der Waals surface area contributed by atoms with E-state index in [-0.39, 0.29) is 0 Å². The van der Waals surface area contributed by atoms with E-state index in [0.717, 1.165) is 16.4 Å². The minimum Gasteiger partial charge on any atom is -0.421 e. The van der Waals surface area contributed by atoms with E-state index in [4.69, 9.17) is 4.52 Å². The van der Waals surface area contributed by atoms with Crippen LogP contribution in [0.3, 0.4) is 0 Å². The van der Waals surface area contributed by atoms with Crippen LogP contribution in [0.2, 0.25) is 0 Å². The van der Waals surface area contributed by atoms with Crippen molar-refractivity contribution < 1.29 is 52.4 Å². The highest BCUT2D eigenvalue weighted by molar-refractivity contribution is 8.13. The number of alkyl halides is 6. The van der Waals surface area contributed by atoms with Crippen LogP contribution in [-0.4, -0.2) is 27.9 Å². The van der Waals surface area contributed by atoms with Gasteiger partial charge in [-0.1, -0.05) is 0 Å². The Kier molecular flexibility index (Phi) is 6.86. The lowest BCUT2D eigenvalue weighted by atomic mass is 10.4. The van der Waals surface area contributed by atoms with Crippen LogP contribution in [0.1, 0.15) is 18.4 Å². The second-order valence-corrected chi connectivity index (χ2v) is 7.52. The third kappa shape index (κ3) is 5.94. The van der Waals surface area contributed by atoms with Crippen LogP contribution in [0.15, 0.2) is 10.6 Å². The summed E-state index contributed by atoms with van der Waals surface area (Å²) < 4.78 is 116. The zero-order valence-electron chi connectivity index (χ0n) is 12.3. The molecule has 0 unspecified atom stereocenters. The second-order valence-electron chi connectivity index (χ2n) is 4.10. The van der Waals surface area contributed by atoms with Gasteiger partial charge in [-0.2, -0.15) is 26.3 Å². The van der Waals surface area contributed by atoms with E-state index < -0.39 is 31.1 Å². The minimum atomic E-state index is -6.72. The molecule has 0 aromatic carbocycles. The van der Waals surface area contributed by atoms with Crippen molar-refractivity contribution in [1.29, 1.82) is 0 Å². The van der Waals surface area contributed by atoms with E-state index in [1.165, 1.54) is 5.69 Å². The number of aromatic nitrogens is 1. The number of hydrogen-bond donors (Lipinski definition) is 0. The molecule has 7 nitrogen and oxygen atoms in total. The van der Waals surface area contributed by atoms with Gasteiger partial charge in [0.05, 0.1) is 6.07 Å². The van der Waals surface area contributed by atoms with E-state index >= 15 is 0 Å². The maximum Gasteiger partial charge on any atom is 0.480 e. The Balaban J connectivity index is 0.000000496. The first-order chi connectivity index (χ1) is 10.4. The molecule has 1 rings (SSSR count). The van der Waals surface area contributed by atoms with Crippen LogP contribution in [0.5, 0.6) is 0 Å². The highest BCUT2D eigenvalue weighted by Gasteiger charge is 2.46. The lowest BCUT2D eigenvalue weighted by Crippen LogP contribution is -2.32. The summed E-state index contributed by atoms with van der Waals surface area (Å²) in [5, 5.41) is 0. The highest BCUT2D eigenvalue weighted by atomic mass is 32.3. The van der Waals surface area contributed by atoms with Gasteiger partial charge >= 0.3 is 11.0 Å². The Labute approximate surface area is 133 Å². The zero-order valence-corrected chi connectivity index (χ0v) is 13.9. The quantitative estimate of drug-likeness (QED) is 0.566. The molecule has 0 saturated carbocycles. The van der Waals surface area contributed by atoms with Gasteiger partial charge in [0.25, 0.3) is 0 Å². The summed E-state index contributed by atoms with van der Waals surface area (Å²) in [6.07, 6.45) is 0. The summed E-state index contributed by atoms with van der Waals surface area (Å²) in [4.78, 5) is 0. The molecule has 15 heteroatoms. The molecular weight excluding hydrogens is 394 g/mol. The molecule has 0 aliphatic heterocycles. The summed E-state index contributed by atoms with van der Waals surface area (Å²) in [5.41, 5.74) is -11.2. The van der Waals surface area contributed by atoms with Crippen LogP contribution in [0.25, 0.3) is 4.13 Å². The Morgan fingerprint density at radius 1 is 1.00 bits per heavy atom. The standard InChI is InChI=1S/C7H12NO.C2F6NO4S2/c1-4-8-6(2)5-7(3)9-8;3-1(4,5)14(10,11)9-15(12,13)2(6,7)8/h5H,4H2,1-3H3;/q+1;-1. The topological polar surface area (TPSA) is 99.4 Å². The van der Waals surface area contributed by atoms with Crippen molar-refractivity contribution in [2.45, 2.75) is 38.3 Å². The lowest BCUT2D eigenvalue weighted by molar-refractivity contribution is -0.866. The first-order valence-electron chi connectivity index (χ1n) is 5.78. The molecule has 1 aromatic rings. The molecular formula is C9H12F6N2O5S2. The van der Waals surface area contributed by atoms with Crippen molar-refractivity contribution >= 4 is 20.0 Å². The van der Waals surface area contributed by atoms with Gasteiger partial charge in [0.1, 0.15) is 0 Å². The normalized spacial score (nSPS) is 13.4. The van der Waals surface area contributed by atoms with Crippen LogP contribution >= 0.6 is 0 Å². The van der Waals surface area contributed by atoms with Gasteiger partial charge in [0.2, 0.25) is 5.69 Å². The average Bonchev–Trinajstić information content (AvgIpc) is 2.64. The molecule has 0 fully saturated rings. The van der Waals surface area contributed by atoms with E-state index in [2.05, 4.69) is 6.92 Å². The molecule has 0 radical (unpaired) electrons. The lowest BCUT2D eigenvalue weighted by Gasteiger charge is -2.22. The molecule has 1 heterocycles. The molecule has 0 N–H and O–H groups in total.